The van der Waals surface area contributed by atoms with Gasteiger partial charge in [-0.1, -0.05) is 453 Å². The molecule has 750 valence electrons. The molecule has 0 aliphatic carbocycles. The van der Waals surface area contributed by atoms with Crippen LogP contribution in [0.1, 0.15) is 445 Å². The monoisotopic (exact) mass is 1870 g/mol. The number of allylic oxidation sites excluding steroid dienone is 32. The van der Waals surface area contributed by atoms with Crippen LogP contribution in [-0.4, -0.2) is 95.9 Å². The van der Waals surface area contributed by atoms with Gasteiger partial charge in [-0.3, -0.25) is 32.5 Å². The van der Waals surface area contributed by atoms with Crippen LogP contribution in [0.5, 0.6) is 0 Å². The fraction of sp³-hybridized carbons (Fsp3) is 0.690. The van der Waals surface area contributed by atoms with E-state index < -0.39 is 91.5 Å². The van der Waals surface area contributed by atoms with Crippen LogP contribution in [0.3, 0.4) is 0 Å². The van der Waals surface area contributed by atoms with Crippen LogP contribution in [0.2, 0.25) is 0 Å². The van der Waals surface area contributed by atoms with Crippen LogP contribution in [0.15, 0.2) is 194 Å². The third-order valence-corrected chi connectivity index (χ3v) is 24.2. The molecule has 5 atom stereocenters. The van der Waals surface area contributed by atoms with E-state index in [1.165, 1.54) is 218 Å². The highest BCUT2D eigenvalue weighted by atomic mass is 31.2. The first-order valence-electron chi connectivity index (χ1n) is 52.7. The Morgan fingerprint density at radius 3 is 0.641 bits per heavy atom. The molecule has 0 heterocycles. The number of hydrogen-bond acceptors (Lipinski definition) is 14. The van der Waals surface area contributed by atoms with Gasteiger partial charge in [0.15, 0.2) is 6.10 Å². The van der Waals surface area contributed by atoms with Gasteiger partial charge in [0, 0.05) is 19.3 Å². The smallest absolute Gasteiger partial charge is 0.463 e. The first-order valence-corrected chi connectivity index (χ1v) is 55.7. The Morgan fingerprint density at radius 1 is 0.221 bits per heavy atom. The first kappa shape index (κ1) is 125. The van der Waals surface area contributed by atoms with E-state index in [0.29, 0.717) is 19.3 Å². The molecule has 131 heavy (non-hydrogen) atoms. The van der Waals surface area contributed by atoms with Gasteiger partial charge in [-0.15, -0.1) is 0 Å². The number of phosphoric acid groups is 2. The average Bonchev–Trinajstić information content (AvgIpc) is 0.896. The van der Waals surface area contributed by atoms with Gasteiger partial charge < -0.3 is 34.2 Å². The fourth-order valence-corrected chi connectivity index (χ4v) is 16.0. The van der Waals surface area contributed by atoms with E-state index in [1.54, 1.807) is 0 Å². The van der Waals surface area contributed by atoms with Crippen LogP contribution in [0.25, 0.3) is 0 Å². The van der Waals surface area contributed by atoms with Gasteiger partial charge in [0.05, 0.1) is 26.4 Å². The Morgan fingerprint density at radius 2 is 0.405 bits per heavy atom. The lowest BCUT2D eigenvalue weighted by molar-refractivity contribution is -0.161. The minimum absolute atomic E-state index is 0.0947. The van der Waals surface area contributed by atoms with E-state index in [9.17, 15) is 43.5 Å². The Balaban J connectivity index is 4.61. The molecule has 5 unspecified atom stereocenters. The van der Waals surface area contributed by atoms with Gasteiger partial charge in [0.1, 0.15) is 25.4 Å². The van der Waals surface area contributed by atoms with Crippen molar-refractivity contribution >= 4 is 33.6 Å². The number of carbonyl (C=O) groups is 3. The summed E-state index contributed by atoms with van der Waals surface area (Å²) in [4.78, 5) is 59.3. The second kappa shape index (κ2) is 103. The van der Waals surface area contributed by atoms with Gasteiger partial charge >= 0.3 is 33.6 Å². The highest BCUT2D eigenvalue weighted by Gasteiger charge is 2.30. The number of rotatable bonds is 99. The summed E-state index contributed by atoms with van der Waals surface area (Å²) in [5, 5.41) is 20.8. The minimum Gasteiger partial charge on any atom is -0.463 e. The molecule has 0 aromatic heterocycles. The van der Waals surface area contributed by atoms with Crippen LogP contribution in [0, 0.1) is 0 Å². The van der Waals surface area contributed by atoms with Crippen molar-refractivity contribution in [2.24, 2.45) is 0 Å². The minimum atomic E-state index is -4.95. The van der Waals surface area contributed by atoms with Crippen molar-refractivity contribution < 1.29 is 75.8 Å². The Kier molecular flexibility index (Phi) is 98.9. The normalized spacial score (nSPS) is 14.4. The maximum absolute atomic E-state index is 13.1. The van der Waals surface area contributed by atoms with Crippen LogP contribution in [-0.2, 0) is 55.8 Å². The van der Waals surface area contributed by atoms with E-state index >= 15 is 0 Å². The van der Waals surface area contributed by atoms with E-state index in [2.05, 4.69) is 215 Å². The third-order valence-electron chi connectivity index (χ3n) is 22.3. The Hall–Kier alpha value is -5.61. The lowest BCUT2D eigenvalue weighted by Gasteiger charge is -2.21. The molecule has 0 rings (SSSR count). The summed E-state index contributed by atoms with van der Waals surface area (Å²) in [6, 6.07) is 0. The summed E-state index contributed by atoms with van der Waals surface area (Å²) < 4.78 is 61.8. The lowest BCUT2D eigenvalue weighted by Crippen LogP contribution is -2.30. The van der Waals surface area contributed by atoms with Gasteiger partial charge in [-0.25, -0.2) is 9.13 Å². The van der Waals surface area contributed by atoms with Crippen molar-refractivity contribution in [3.05, 3.63) is 194 Å². The second-order valence-corrected chi connectivity index (χ2v) is 37.8. The SMILES string of the molecule is CC/C=C\C/C=C\C/C=C\C/C=C\C/C=C\C/C=C\CCCCCCCCCCCCCCCCCCC(=O)OCC(O)COP(=O)(O)OCC(O)COP(=O)(O)OCC(COC(=O)CCCCCCCCCCCCCCCCC/C=C\C/C=C\C/C=C\C/C=C\CCCCC)OC(=O)CCCCCCCCCCCC/C=C\C/C=C\C/C=C\C/C=C\C/C=C\C/C=C\CC. The van der Waals surface area contributed by atoms with Crippen molar-refractivity contribution in [1.82, 2.24) is 0 Å². The molecule has 16 nitrogen and oxygen atoms in total. The highest BCUT2D eigenvalue weighted by Crippen LogP contribution is 2.45. The van der Waals surface area contributed by atoms with Gasteiger partial charge in [0.2, 0.25) is 0 Å². The van der Waals surface area contributed by atoms with Crippen molar-refractivity contribution in [2.75, 3.05) is 39.6 Å². The van der Waals surface area contributed by atoms with Crippen LogP contribution < -0.4 is 0 Å². The number of aliphatic hydroxyl groups is 2. The predicted octanol–water partition coefficient (Wildman–Crippen LogP) is 33.7. The van der Waals surface area contributed by atoms with E-state index in [1.807, 2.05) is 0 Å². The van der Waals surface area contributed by atoms with Crippen molar-refractivity contribution in [1.29, 1.82) is 0 Å². The molecular formula is C113H192O16P2. The van der Waals surface area contributed by atoms with Crippen molar-refractivity contribution in [2.45, 2.75) is 463 Å². The topological polar surface area (TPSA) is 231 Å². The summed E-state index contributed by atoms with van der Waals surface area (Å²) in [5.74, 6) is -1.57. The summed E-state index contributed by atoms with van der Waals surface area (Å²) in [6.07, 6.45) is 139. The van der Waals surface area contributed by atoms with E-state index in [4.69, 9.17) is 32.3 Å². The molecule has 4 N–H and O–H groups in total. The Bertz CT molecular complexity index is 3160. The Labute approximate surface area is 801 Å². The number of ether oxygens (including phenoxy) is 3. The van der Waals surface area contributed by atoms with Gasteiger partial charge in [-0.05, 0) is 167 Å². The largest absolute Gasteiger partial charge is 0.472 e. The quantitative estimate of drug-likeness (QED) is 0.0146. The zero-order valence-corrected chi connectivity index (χ0v) is 85.0. The van der Waals surface area contributed by atoms with E-state index in [-0.39, 0.29) is 19.3 Å². The van der Waals surface area contributed by atoms with Gasteiger partial charge in [-0.2, -0.15) is 0 Å². The van der Waals surface area contributed by atoms with Crippen LogP contribution >= 0.6 is 15.6 Å². The molecule has 18 heteroatoms. The molecule has 0 fully saturated rings. The fourth-order valence-electron chi connectivity index (χ4n) is 14.4. The molecule has 0 aliphatic rings. The number of hydrogen-bond donors (Lipinski definition) is 4. The zero-order valence-electron chi connectivity index (χ0n) is 83.2. The number of carbonyl (C=O) groups excluding carboxylic acids is 3. The molecule has 0 spiro atoms. The molecule has 0 radical (unpaired) electrons. The van der Waals surface area contributed by atoms with E-state index in [0.717, 1.165) is 167 Å². The summed E-state index contributed by atoms with van der Waals surface area (Å²) in [5.41, 5.74) is 0. The molecule has 0 aromatic rings. The highest BCUT2D eigenvalue weighted by molar-refractivity contribution is 7.47. The number of aliphatic hydroxyl groups excluding tert-OH is 2. The molecule has 0 aromatic carbocycles. The maximum atomic E-state index is 13.1. The average molecular weight is 1870 g/mol. The van der Waals surface area contributed by atoms with Crippen LogP contribution in [0.4, 0.5) is 0 Å². The molecule has 0 saturated carbocycles. The third kappa shape index (κ3) is 105. The maximum Gasteiger partial charge on any atom is 0.472 e. The predicted molar refractivity (Wildman–Crippen MR) is 555 cm³/mol. The summed E-state index contributed by atoms with van der Waals surface area (Å²) >= 11 is 0. The second-order valence-electron chi connectivity index (χ2n) is 34.9. The number of esters is 3. The molecule has 0 saturated heterocycles. The zero-order chi connectivity index (χ0) is 95.0. The standard InChI is InChI=1S/C113H192O16P2/c1-4-7-10-13-16-19-22-25-28-31-34-37-40-43-46-49-51-52-53-54-56-59-60-63-66-69-72-75-78-81-84-87-90-93-96-99-111(116)123-102-108(114)103-125-130(119,120)126-104-109(115)105-127-131(121,122)128-107-110(129-113(118)101-98-95-92-89-86-83-80-77-74-71-68-65-62-57-48-45-42-39-36-33-30-27-24-21-18-15-12-9-6-3)106-124-112(117)100-97-94-91-88-85-82-79-76-73-70-67-64-61-58-55-50-47-44-41-38-35-32-29-26-23-20-17-14-11-8-5-2/h7,9-10,12,16-21,25-30,34-39,43-48,51-52,62,65,108-110,114-115H,4-6,8,11,13-15,22-24,31-33,40-42,49-50,53-61,63-64,66-107H2,1-3H3,(H,119,120)(H,121,122)/b10-7-,12-9-,19-16-,20-17-,21-18-,28-25-,29-26-,30-27-,37-34-,38-35-,39-36-,46-43-,47-44-,48-45-,52-51-,65-62-. The molecular weight excluding hydrogens is 1680 g/mol. The van der Waals surface area contributed by atoms with Crippen molar-refractivity contribution in [3.63, 3.8) is 0 Å². The summed E-state index contributed by atoms with van der Waals surface area (Å²) in [7, 11) is -9.83. The first-order chi connectivity index (χ1) is 64.2. The summed E-state index contributed by atoms with van der Waals surface area (Å²) in [6.45, 7) is 2.49. The van der Waals surface area contributed by atoms with Gasteiger partial charge in [0.25, 0.3) is 0 Å². The number of unbranched alkanes of at least 4 members (excludes halogenated alkanes) is 44. The van der Waals surface area contributed by atoms with Crippen molar-refractivity contribution in [3.8, 4) is 0 Å². The lowest BCUT2D eigenvalue weighted by atomic mass is 10.0. The molecule has 0 bridgehead atoms. The molecule has 0 amide bonds. The molecule has 0 aliphatic heterocycles. The number of phosphoric ester groups is 2.